The van der Waals surface area contributed by atoms with Crippen molar-refractivity contribution in [1.82, 2.24) is 0 Å². The average Bonchev–Trinajstić information content (AvgIpc) is 2.49. The quantitative estimate of drug-likeness (QED) is 0.868. The molecule has 0 fully saturated rings. The van der Waals surface area contributed by atoms with Gasteiger partial charge in [-0.1, -0.05) is 29.8 Å². The Kier molecular flexibility index (Phi) is 5.15. The van der Waals surface area contributed by atoms with Crippen LogP contribution in [0.1, 0.15) is 12.5 Å². The van der Waals surface area contributed by atoms with Crippen LogP contribution in [0.4, 0.5) is 18.9 Å². The maximum absolute atomic E-state index is 13.0. The lowest BCUT2D eigenvalue weighted by molar-refractivity contribution is -0.137. The molecule has 0 saturated heterocycles. The molecule has 0 aliphatic heterocycles. The maximum atomic E-state index is 13.0. The molecule has 1 amide bonds. The number of nitrogens with one attached hydrogen (secondary N) is 1. The van der Waals surface area contributed by atoms with E-state index in [0.717, 1.165) is 12.1 Å². The first-order chi connectivity index (χ1) is 10.8. The SMILES string of the molecule is CC(Oc1ccccc1)C(=O)Nc1ccc(Cl)cc1C(F)(F)F. The van der Waals surface area contributed by atoms with Crippen LogP contribution in [0.15, 0.2) is 48.5 Å². The third kappa shape index (κ3) is 4.63. The molecule has 23 heavy (non-hydrogen) atoms. The van der Waals surface area contributed by atoms with E-state index in [-0.39, 0.29) is 10.7 Å². The summed E-state index contributed by atoms with van der Waals surface area (Å²) >= 11 is 5.59. The minimum absolute atomic E-state index is 0.0658. The average molecular weight is 344 g/mol. The molecule has 1 N–H and O–H groups in total. The highest BCUT2D eigenvalue weighted by atomic mass is 35.5. The zero-order valence-corrected chi connectivity index (χ0v) is 12.8. The molecule has 1 atom stereocenters. The fourth-order valence-corrected chi connectivity index (χ4v) is 2.02. The van der Waals surface area contributed by atoms with Gasteiger partial charge in [-0.25, -0.2) is 0 Å². The lowest BCUT2D eigenvalue weighted by Gasteiger charge is -2.17. The maximum Gasteiger partial charge on any atom is 0.418 e. The number of amides is 1. The minimum atomic E-state index is -4.63. The first-order valence-corrected chi connectivity index (χ1v) is 7.04. The summed E-state index contributed by atoms with van der Waals surface area (Å²) < 4.78 is 44.3. The summed E-state index contributed by atoms with van der Waals surface area (Å²) in [5.41, 5.74) is -1.37. The number of ether oxygens (including phenoxy) is 1. The van der Waals surface area contributed by atoms with Crippen molar-refractivity contribution in [2.24, 2.45) is 0 Å². The van der Waals surface area contributed by atoms with E-state index < -0.39 is 23.8 Å². The van der Waals surface area contributed by atoms with Crippen molar-refractivity contribution in [1.29, 1.82) is 0 Å². The van der Waals surface area contributed by atoms with Gasteiger partial charge in [0.1, 0.15) is 5.75 Å². The van der Waals surface area contributed by atoms with Crippen LogP contribution < -0.4 is 10.1 Å². The number of hydrogen-bond donors (Lipinski definition) is 1. The Balaban J connectivity index is 2.14. The fourth-order valence-electron chi connectivity index (χ4n) is 1.85. The molecule has 0 aromatic heterocycles. The Morgan fingerprint density at radius 1 is 1.17 bits per heavy atom. The van der Waals surface area contributed by atoms with E-state index in [9.17, 15) is 18.0 Å². The van der Waals surface area contributed by atoms with Gasteiger partial charge < -0.3 is 10.1 Å². The molecular formula is C16H13ClF3NO2. The predicted octanol–water partition coefficient (Wildman–Crippen LogP) is 4.76. The number of anilines is 1. The van der Waals surface area contributed by atoms with E-state index >= 15 is 0 Å². The summed E-state index contributed by atoms with van der Waals surface area (Å²) in [6.45, 7) is 1.45. The molecule has 0 heterocycles. The molecule has 0 spiro atoms. The van der Waals surface area contributed by atoms with Crippen molar-refractivity contribution in [3.8, 4) is 5.75 Å². The molecule has 7 heteroatoms. The van der Waals surface area contributed by atoms with Crippen molar-refractivity contribution in [3.05, 3.63) is 59.1 Å². The molecule has 0 aliphatic rings. The molecule has 0 saturated carbocycles. The van der Waals surface area contributed by atoms with Gasteiger partial charge in [-0.05, 0) is 37.3 Å². The molecule has 2 rings (SSSR count). The molecule has 2 aromatic carbocycles. The smallest absolute Gasteiger partial charge is 0.418 e. The van der Waals surface area contributed by atoms with Gasteiger partial charge in [-0.3, -0.25) is 4.79 Å². The van der Waals surface area contributed by atoms with Crippen LogP contribution in [0.25, 0.3) is 0 Å². The zero-order valence-electron chi connectivity index (χ0n) is 12.0. The van der Waals surface area contributed by atoms with Gasteiger partial charge >= 0.3 is 6.18 Å². The van der Waals surface area contributed by atoms with Crippen molar-refractivity contribution in [2.75, 3.05) is 5.32 Å². The Labute approximate surface area is 136 Å². The number of carbonyl (C=O) groups excluding carboxylic acids is 1. The van der Waals surface area contributed by atoms with Gasteiger partial charge in [0.05, 0.1) is 11.3 Å². The highest BCUT2D eigenvalue weighted by Gasteiger charge is 2.34. The Morgan fingerprint density at radius 2 is 1.83 bits per heavy atom. The molecule has 0 bridgehead atoms. The molecule has 1 unspecified atom stereocenters. The highest BCUT2D eigenvalue weighted by Crippen LogP contribution is 2.36. The van der Waals surface area contributed by atoms with Crippen LogP contribution in [0, 0.1) is 0 Å². The fraction of sp³-hybridized carbons (Fsp3) is 0.188. The predicted molar refractivity (Wildman–Crippen MR) is 81.6 cm³/mol. The number of alkyl halides is 3. The molecule has 2 aromatic rings. The second kappa shape index (κ2) is 6.91. The number of hydrogen-bond acceptors (Lipinski definition) is 2. The van der Waals surface area contributed by atoms with Crippen molar-refractivity contribution < 1.29 is 22.7 Å². The summed E-state index contributed by atoms with van der Waals surface area (Å²) in [6, 6.07) is 11.7. The summed E-state index contributed by atoms with van der Waals surface area (Å²) in [7, 11) is 0. The van der Waals surface area contributed by atoms with Crippen LogP contribution in [0.2, 0.25) is 5.02 Å². The topological polar surface area (TPSA) is 38.3 Å². The number of halogens is 4. The van der Waals surface area contributed by atoms with Crippen LogP contribution in [-0.2, 0) is 11.0 Å². The van der Waals surface area contributed by atoms with Gasteiger partial charge in [-0.15, -0.1) is 0 Å². The van der Waals surface area contributed by atoms with E-state index in [0.29, 0.717) is 5.75 Å². The minimum Gasteiger partial charge on any atom is -0.481 e. The molecule has 122 valence electrons. The second-order valence-corrected chi connectivity index (χ2v) is 5.19. The largest absolute Gasteiger partial charge is 0.481 e. The first-order valence-electron chi connectivity index (χ1n) is 6.66. The molecule has 0 radical (unpaired) electrons. The van der Waals surface area contributed by atoms with Gasteiger partial charge in [-0.2, -0.15) is 13.2 Å². The Morgan fingerprint density at radius 3 is 2.43 bits per heavy atom. The van der Waals surface area contributed by atoms with Crippen LogP contribution in [0.3, 0.4) is 0 Å². The summed E-state index contributed by atoms with van der Waals surface area (Å²) in [5.74, 6) is -0.246. The Hall–Kier alpha value is -2.21. The number of para-hydroxylation sites is 1. The third-order valence-corrected chi connectivity index (χ3v) is 3.21. The standard InChI is InChI=1S/C16H13ClF3NO2/c1-10(23-12-5-3-2-4-6-12)15(22)21-14-8-7-11(17)9-13(14)16(18,19)20/h2-10H,1H3,(H,21,22). The van der Waals surface area contributed by atoms with Crippen LogP contribution in [0.5, 0.6) is 5.75 Å². The molecule has 3 nitrogen and oxygen atoms in total. The van der Waals surface area contributed by atoms with E-state index in [1.54, 1.807) is 30.3 Å². The van der Waals surface area contributed by atoms with Crippen molar-refractivity contribution in [3.63, 3.8) is 0 Å². The van der Waals surface area contributed by atoms with Crippen LogP contribution >= 0.6 is 11.6 Å². The number of carbonyl (C=O) groups is 1. The second-order valence-electron chi connectivity index (χ2n) is 4.75. The lowest BCUT2D eigenvalue weighted by Crippen LogP contribution is -2.31. The molecule has 0 aliphatic carbocycles. The van der Waals surface area contributed by atoms with Crippen LogP contribution in [-0.4, -0.2) is 12.0 Å². The zero-order chi connectivity index (χ0) is 17.0. The van der Waals surface area contributed by atoms with Crippen molar-refractivity contribution >= 4 is 23.2 Å². The lowest BCUT2D eigenvalue weighted by atomic mass is 10.1. The van der Waals surface area contributed by atoms with E-state index in [2.05, 4.69) is 5.32 Å². The number of benzene rings is 2. The van der Waals surface area contributed by atoms with Gasteiger partial charge in [0.2, 0.25) is 0 Å². The highest BCUT2D eigenvalue weighted by molar-refractivity contribution is 6.30. The first kappa shape index (κ1) is 17.1. The van der Waals surface area contributed by atoms with Gasteiger partial charge in [0, 0.05) is 5.02 Å². The van der Waals surface area contributed by atoms with E-state index in [4.69, 9.17) is 16.3 Å². The number of rotatable bonds is 4. The normalized spacial score (nSPS) is 12.6. The monoisotopic (exact) mass is 343 g/mol. The third-order valence-electron chi connectivity index (χ3n) is 2.97. The summed E-state index contributed by atoms with van der Waals surface area (Å²) in [6.07, 6.45) is -5.59. The summed E-state index contributed by atoms with van der Waals surface area (Å²) in [4.78, 5) is 12.0. The van der Waals surface area contributed by atoms with E-state index in [1.807, 2.05) is 0 Å². The van der Waals surface area contributed by atoms with Crippen molar-refractivity contribution in [2.45, 2.75) is 19.2 Å². The molecular weight excluding hydrogens is 331 g/mol. The van der Waals surface area contributed by atoms with Gasteiger partial charge in [0.15, 0.2) is 6.10 Å². The van der Waals surface area contributed by atoms with E-state index in [1.165, 1.54) is 13.0 Å². The Bertz CT molecular complexity index is 689. The van der Waals surface area contributed by atoms with Gasteiger partial charge in [0.25, 0.3) is 5.91 Å². The summed E-state index contributed by atoms with van der Waals surface area (Å²) in [5, 5.41) is 2.16.